The Kier molecular flexibility index (Phi) is 5.01. The average molecular weight is 379 g/mol. The van der Waals surface area contributed by atoms with Gasteiger partial charge in [0, 0.05) is 62.7 Å². The van der Waals surface area contributed by atoms with Crippen molar-refractivity contribution in [2.45, 2.75) is 19.3 Å². The number of ketones is 1. The second-order valence-electron chi connectivity index (χ2n) is 6.94. The quantitative estimate of drug-likeness (QED) is 0.787. The van der Waals surface area contributed by atoms with Gasteiger partial charge in [0.15, 0.2) is 5.78 Å². The molecule has 2 aliphatic heterocycles. The first kappa shape index (κ1) is 18.1. The van der Waals surface area contributed by atoms with E-state index in [2.05, 4.69) is 20.2 Å². The number of anilines is 2. The number of fused-ring (bicyclic) bond motifs is 1. The zero-order valence-corrected chi connectivity index (χ0v) is 15.4. The lowest BCUT2D eigenvalue weighted by Crippen LogP contribution is -2.49. The van der Waals surface area contributed by atoms with Crippen LogP contribution in [0.25, 0.3) is 0 Å². The molecule has 0 spiro atoms. The Morgan fingerprint density at radius 3 is 2.54 bits per heavy atom. The molecule has 1 aromatic carbocycles. The van der Waals surface area contributed by atoms with Gasteiger partial charge in [-0.05, 0) is 29.8 Å². The van der Waals surface area contributed by atoms with Crippen molar-refractivity contribution in [2.24, 2.45) is 0 Å². The highest BCUT2D eigenvalue weighted by Gasteiger charge is 2.23. The van der Waals surface area contributed by atoms with Crippen LogP contribution in [-0.2, 0) is 16.0 Å². The number of carbonyl (C=O) groups is 3. The minimum absolute atomic E-state index is 0.0139. The van der Waals surface area contributed by atoms with Gasteiger partial charge < -0.3 is 15.1 Å². The van der Waals surface area contributed by atoms with E-state index in [0.29, 0.717) is 44.1 Å². The first-order valence-electron chi connectivity index (χ1n) is 9.36. The summed E-state index contributed by atoms with van der Waals surface area (Å²) in [6.45, 7) is 2.54. The Bertz CT molecular complexity index is 907. The Morgan fingerprint density at radius 2 is 1.79 bits per heavy atom. The summed E-state index contributed by atoms with van der Waals surface area (Å²) in [7, 11) is 0. The summed E-state index contributed by atoms with van der Waals surface area (Å²) < 4.78 is 0. The molecule has 8 nitrogen and oxygen atoms in total. The summed E-state index contributed by atoms with van der Waals surface area (Å²) in [6, 6.07) is 6.98. The monoisotopic (exact) mass is 379 g/mol. The fourth-order valence-corrected chi connectivity index (χ4v) is 3.54. The predicted molar refractivity (Wildman–Crippen MR) is 103 cm³/mol. The maximum absolute atomic E-state index is 12.5. The van der Waals surface area contributed by atoms with E-state index in [1.54, 1.807) is 41.6 Å². The highest BCUT2D eigenvalue weighted by Crippen LogP contribution is 2.24. The maximum atomic E-state index is 12.5. The molecule has 0 saturated carbocycles. The largest absolute Gasteiger partial charge is 0.339 e. The van der Waals surface area contributed by atoms with Gasteiger partial charge in [-0.15, -0.1) is 0 Å². The fourth-order valence-electron chi connectivity index (χ4n) is 3.54. The third-order valence-corrected chi connectivity index (χ3v) is 5.09. The highest BCUT2D eigenvalue weighted by molar-refractivity contribution is 6.02. The van der Waals surface area contributed by atoms with E-state index >= 15 is 0 Å². The standard InChI is InChI=1S/C20H21N5O3/c26-17(14-2-3-16-15(12-14)13-18(27)23-16)4-5-19(28)24-8-10-25(11-9-24)20-21-6-1-7-22-20/h1-3,6-7,12H,4-5,8-11,13H2,(H,23,27). The Balaban J connectivity index is 1.27. The molecular formula is C20H21N5O3. The van der Waals surface area contributed by atoms with E-state index in [-0.39, 0.29) is 30.4 Å². The third kappa shape index (κ3) is 3.85. The fraction of sp³-hybridized carbons (Fsp3) is 0.350. The zero-order chi connectivity index (χ0) is 19.5. The summed E-state index contributed by atoms with van der Waals surface area (Å²) in [5, 5.41) is 2.75. The highest BCUT2D eigenvalue weighted by atomic mass is 16.2. The molecule has 4 rings (SSSR count). The van der Waals surface area contributed by atoms with E-state index < -0.39 is 0 Å². The zero-order valence-electron chi connectivity index (χ0n) is 15.4. The molecule has 3 heterocycles. The molecule has 8 heteroatoms. The molecule has 2 aliphatic rings. The molecule has 1 saturated heterocycles. The second kappa shape index (κ2) is 7.75. The SMILES string of the molecule is O=C1Cc2cc(C(=O)CCC(=O)N3CCN(c4ncccn4)CC3)ccc2N1. The molecule has 2 amide bonds. The van der Waals surface area contributed by atoms with E-state index in [1.807, 2.05) is 0 Å². The second-order valence-corrected chi connectivity index (χ2v) is 6.94. The van der Waals surface area contributed by atoms with Crippen molar-refractivity contribution in [3.05, 3.63) is 47.8 Å². The van der Waals surface area contributed by atoms with Crippen LogP contribution in [0.4, 0.5) is 11.6 Å². The first-order chi connectivity index (χ1) is 13.6. The smallest absolute Gasteiger partial charge is 0.228 e. The summed E-state index contributed by atoms with van der Waals surface area (Å²) in [6.07, 6.45) is 4.06. The number of piperazine rings is 1. The number of hydrogen-bond donors (Lipinski definition) is 1. The lowest BCUT2D eigenvalue weighted by atomic mass is 10.0. The van der Waals surface area contributed by atoms with Crippen molar-refractivity contribution in [3.63, 3.8) is 0 Å². The van der Waals surface area contributed by atoms with E-state index in [0.717, 1.165) is 11.3 Å². The summed E-state index contributed by atoms with van der Waals surface area (Å²) in [4.78, 5) is 48.7. The van der Waals surface area contributed by atoms with Crippen LogP contribution >= 0.6 is 0 Å². The number of rotatable bonds is 5. The summed E-state index contributed by atoms with van der Waals surface area (Å²) >= 11 is 0. The van der Waals surface area contributed by atoms with Gasteiger partial charge in [0.05, 0.1) is 6.42 Å². The molecule has 2 aromatic rings. The van der Waals surface area contributed by atoms with Gasteiger partial charge in [0.25, 0.3) is 0 Å². The number of benzene rings is 1. The lowest BCUT2D eigenvalue weighted by Gasteiger charge is -2.34. The summed E-state index contributed by atoms with van der Waals surface area (Å²) in [5.41, 5.74) is 2.15. The van der Waals surface area contributed by atoms with Crippen LogP contribution in [0.15, 0.2) is 36.7 Å². The van der Waals surface area contributed by atoms with Crippen molar-refractivity contribution >= 4 is 29.2 Å². The normalized spacial score (nSPS) is 15.9. The number of aromatic nitrogens is 2. The van der Waals surface area contributed by atoms with Gasteiger partial charge in [-0.2, -0.15) is 0 Å². The molecule has 0 atom stereocenters. The van der Waals surface area contributed by atoms with Gasteiger partial charge in [0.2, 0.25) is 17.8 Å². The van der Waals surface area contributed by atoms with Crippen molar-refractivity contribution in [3.8, 4) is 0 Å². The van der Waals surface area contributed by atoms with Crippen molar-refractivity contribution in [2.75, 3.05) is 36.4 Å². The molecule has 0 unspecified atom stereocenters. The van der Waals surface area contributed by atoms with E-state index in [9.17, 15) is 14.4 Å². The Labute approximate surface area is 162 Å². The number of nitrogens with one attached hydrogen (secondary N) is 1. The van der Waals surface area contributed by atoms with Crippen molar-refractivity contribution < 1.29 is 14.4 Å². The van der Waals surface area contributed by atoms with Crippen LogP contribution in [-0.4, -0.2) is 58.6 Å². The predicted octanol–water partition coefficient (Wildman–Crippen LogP) is 1.28. The van der Waals surface area contributed by atoms with Gasteiger partial charge >= 0.3 is 0 Å². The van der Waals surface area contributed by atoms with Gasteiger partial charge in [-0.1, -0.05) is 0 Å². The Hall–Kier alpha value is -3.29. The number of hydrogen-bond acceptors (Lipinski definition) is 6. The van der Waals surface area contributed by atoms with Crippen LogP contribution in [0.2, 0.25) is 0 Å². The minimum atomic E-state index is -0.0770. The van der Waals surface area contributed by atoms with Crippen LogP contribution in [0.3, 0.4) is 0 Å². The molecular weight excluding hydrogens is 358 g/mol. The molecule has 0 radical (unpaired) electrons. The number of nitrogens with zero attached hydrogens (tertiary/aromatic N) is 4. The minimum Gasteiger partial charge on any atom is -0.339 e. The van der Waals surface area contributed by atoms with Crippen molar-refractivity contribution in [1.82, 2.24) is 14.9 Å². The van der Waals surface area contributed by atoms with Crippen molar-refractivity contribution in [1.29, 1.82) is 0 Å². The van der Waals surface area contributed by atoms with Crippen LogP contribution in [0, 0.1) is 0 Å². The average Bonchev–Trinajstić information content (AvgIpc) is 3.11. The molecule has 0 aliphatic carbocycles. The number of carbonyl (C=O) groups excluding carboxylic acids is 3. The van der Waals surface area contributed by atoms with Gasteiger partial charge in [0.1, 0.15) is 0 Å². The summed E-state index contributed by atoms with van der Waals surface area (Å²) in [5.74, 6) is 0.524. The first-order valence-corrected chi connectivity index (χ1v) is 9.36. The molecule has 1 fully saturated rings. The number of Topliss-reactive ketones (excluding diaryl/α,β-unsaturated/α-hetero) is 1. The molecule has 1 aromatic heterocycles. The van der Waals surface area contributed by atoms with Crippen LogP contribution < -0.4 is 10.2 Å². The van der Waals surface area contributed by atoms with Gasteiger partial charge in [-0.25, -0.2) is 9.97 Å². The lowest BCUT2D eigenvalue weighted by molar-refractivity contribution is -0.131. The van der Waals surface area contributed by atoms with E-state index in [1.165, 1.54) is 0 Å². The topological polar surface area (TPSA) is 95.5 Å². The molecule has 144 valence electrons. The molecule has 1 N–H and O–H groups in total. The third-order valence-electron chi connectivity index (χ3n) is 5.09. The maximum Gasteiger partial charge on any atom is 0.228 e. The molecule has 28 heavy (non-hydrogen) atoms. The molecule has 0 bridgehead atoms. The number of amides is 2. The van der Waals surface area contributed by atoms with Crippen LogP contribution in [0.1, 0.15) is 28.8 Å². The van der Waals surface area contributed by atoms with E-state index in [4.69, 9.17) is 0 Å². The van der Waals surface area contributed by atoms with Gasteiger partial charge in [-0.3, -0.25) is 14.4 Å². The van der Waals surface area contributed by atoms with Crippen LogP contribution in [0.5, 0.6) is 0 Å². The Morgan fingerprint density at radius 1 is 1.04 bits per heavy atom.